The number of nitrogens with one attached hydrogen (secondary N) is 1. The third-order valence-electron chi connectivity index (χ3n) is 4.66. The molecule has 1 fully saturated rings. The molecule has 0 saturated heterocycles. The van der Waals surface area contributed by atoms with Crippen molar-refractivity contribution >= 4 is 34.9 Å². The van der Waals surface area contributed by atoms with Crippen LogP contribution in [0.5, 0.6) is 0 Å². The Labute approximate surface area is 187 Å². The van der Waals surface area contributed by atoms with E-state index in [0.717, 1.165) is 23.9 Å². The maximum atomic E-state index is 13.4. The number of Topliss-reactive ketones (excluding diaryl/α,β-unsaturated/α-hetero) is 2. The van der Waals surface area contributed by atoms with E-state index in [0.29, 0.717) is 24.3 Å². The molecule has 0 aliphatic heterocycles. The molecule has 2 rings (SSSR count). The zero-order valence-electron chi connectivity index (χ0n) is 16.7. The second-order valence-corrected chi connectivity index (χ2v) is 8.30. The van der Waals surface area contributed by atoms with Gasteiger partial charge in [-0.15, -0.1) is 11.8 Å². The van der Waals surface area contributed by atoms with Crippen molar-refractivity contribution < 1.29 is 32.0 Å². The van der Waals surface area contributed by atoms with E-state index in [1.54, 1.807) is 13.0 Å². The molecule has 0 bridgehead atoms. The molecule has 0 radical (unpaired) electrons. The summed E-state index contributed by atoms with van der Waals surface area (Å²) < 4.78 is 51.8. The van der Waals surface area contributed by atoms with E-state index in [-0.39, 0.29) is 47.4 Å². The molecule has 0 spiro atoms. The van der Waals surface area contributed by atoms with Gasteiger partial charge in [0, 0.05) is 23.3 Å². The van der Waals surface area contributed by atoms with E-state index in [9.17, 15) is 27.2 Å². The van der Waals surface area contributed by atoms with Gasteiger partial charge in [-0.25, -0.2) is 4.39 Å². The number of hydrogen-bond acceptors (Lipinski definition) is 5. The minimum atomic E-state index is -4.76. The van der Waals surface area contributed by atoms with Crippen LogP contribution in [-0.4, -0.2) is 23.9 Å². The number of allylic oxidation sites excluding steroid dienone is 2. The first-order valence-corrected chi connectivity index (χ1v) is 11.0. The van der Waals surface area contributed by atoms with Crippen LogP contribution in [0.2, 0.25) is 0 Å². The Morgan fingerprint density at radius 2 is 1.97 bits per heavy atom. The van der Waals surface area contributed by atoms with Crippen molar-refractivity contribution in [2.75, 3.05) is 12.4 Å². The van der Waals surface area contributed by atoms with Crippen molar-refractivity contribution in [3.05, 3.63) is 52.5 Å². The molecule has 170 valence electrons. The molecule has 1 aliphatic rings. The highest BCUT2D eigenvalue weighted by Crippen LogP contribution is 2.35. The normalized spacial score (nSPS) is 17.5. The fourth-order valence-electron chi connectivity index (χ4n) is 3.16. The lowest BCUT2D eigenvalue weighted by atomic mass is 9.81. The summed E-state index contributed by atoms with van der Waals surface area (Å²) >= 11 is 6.53. The molecular weight excluding hydrogens is 458 g/mol. The summed E-state index contributed by atoms with van der Waals surface area (Å²) in [4.78, 5) is 30.5. The lowest BCUT2D eigenvalue weighted by molar-refractivity contribution is -0.140. The van der Waals surface area contributed by atoms with Gasteiger partial charge in [0.2, 0.25) is 0 Å². The molecule has 4 nitrogen and oxygen atoms in total. The van der Waals surface area contributed by atoms with Gasteiger partial charge in [-0.05, 0) is 48.8 Å². The van der Waals surface area contributed by atoms with E-state index in [1.165, 1.54) is 11.6 Å². The number of halogens is 5. The number of hydroxylamine groups is 1. The third kappa shape index (κ3) is 7.36. The van der Waals surface area contributed by atoms with Gasteiger partial charge in [0.15, 0.2) is 11.6 Å². The van der Waals surface area contributed by atoms with Crippen LogP contribution in [0, 0.1) is 11.7 Å². The molecule has 1 aromatic rings. The first kappa shape index (κ1) is 25.4. The van der Waals surface area contributed by atoms with Crippen LogP contribution < -0.4 is 5.48 Å². The van der Waals surface area contributed by atoms with Crippen molar-refractivity contribution in [3.63, 3.8) is 0 Å². The number of rotatable bonds is 9. The van der Waals surface area contributed by atoms with Crippen LogP contribution in [0.1, 0.15) is 38.2 Å². The number of hydrogen-bond donors (Lipinski definition) is 1. The molecule has 1 N–H and O–H groups in total. The summed E-state index contributed by atoms with van der Waals surface area (Å²) in [6.07, 6.45) is -1.99. The molecule has 0 heterocycles. The third-order valence-corrected chi connectivity index (χ3v) is 5.87. The highest BCUT2D eigenvalue weighted by molar-refractivity contribution is 7.99. The van der Waals surface area contributed by atoms with Crippen LogP contribution in [0.3, 0.4) is 0 Å². The average Bonchev–Trinajstić information content (AvgIpc) is 2.69. The smallest absolute Gasteiger partial charge is 0.294 e. The standard InChI is InChI=1S/C21H22ClF4NO3S/c1-2-17(27-30-8-3-7-22)20-18(28)10-13(11-19(20)29)6-9-31-14-4-5-16(23)15(12-14)21(24,25)26/h3-5,7,12-13,27H,2,6,8-11H2,1H3. The fraction of sp³-hybridized carbons (Fsp3) is 0.429. The number of thioether (sulfide) groups is 1. The SMILES string of the molecule is CCC(NOCC=CCl)=C1C(=O)CC(CCSc2ccc(F)c(C(F)(F)F)c2)CC1=O. The maximum Gasteiger partial charge on any atom is 0.419 e. The van der Waals surface area contributed by atoms with Gasteiger partial charge in [-0.2, -0.15) is 13.2 Å². The van der Waals surface area contributed by atoms with Crippen molar-refractivity contribution in [2.45, 2.75) is 43.7 Å². The largest absolute Gasteiger partial charge is 0.419 e. The van der Waals surface area contributed by atoms with Gasteiger partial charge in [-0.3, -0.25) is 19.9 Å². The Kier molecular flexibility index (Phi) is 9.58. The Hall–Kier alpha value is -1.84. The molecule has 1 saturated carbocycles. The molecule has 1 aromatic carbocycles. The summed E-state index contributed by atoms with van der Waals surface area (Å²) in [6.45, 7) is 1.96. The fourth-order valence-corrected chi connectivity index (χ4v) is 4.29. The van der Waals surface area contributed by atoms with Crippen LogP contribution in [-0.2, 0) is 20.6 Å². The first-order valence-electron chi connectivity index (χ1n) is 9.59. The van der Waals surface area contributed by atoms with Gasteiger partial charge in [0.05, 0.1) is 23.4 Å². The maximum absolute atomic E-state index is 13.4. The number of alkyl halides is 3. The summed E-state index contributed by atoms with van der Waals surface area (Å²) in [5.41, 5.74) is 3.14. The molecule has 0 atom stereocenters. The zero-order valence-corrected chi connectivity index (χ0v) is 18.3. The summed E-state index contributed by atoms with van der Waals surface area (Å²) in [7, 11) is 0. The Bertz CT molecular complexity index is 851. The van der Waals surface area contributed by atoms with Gasteiger partial charge in [-0.1, -0.05) is 18.5 Å². The van der Waals surface area contributed by atoms with E-state index in [4.69, 9.17) is 16.4 Å². The second-order valence-electron chi connectivity index (χ2n) is 6.88. The minimum Gasteiger partial charge on any atom is -0.294 e. The highest BCUT2D eigenvalue weighted by Gasteiger charge is 2.35. The molecule has 31 heavy (non-hydrogen) atoms. The average molecular weight is 480 g/mol. The van der Waals surface area contributed by atoms with E-state index >= 15 is 0 Å². The quantitative estimate of drug-likeness (QED) is 0.121. The van der Waals surface area contributed by atoms with E-state index < -0.39 is 17.6 Å². The van der Waals surface area contributed by atoms with Crippen molar-refractivity contribution in [2.24, 2.45) is 5.92 Å². The second kappa shape index (κ2) is 11.7. The molecule has 0 aromatic heterocycles. The molecule has 1 aliphatic carbocycles. The number of carbonyl (C=O) groups excluding carboxylic acids is 2. The Morgan fingerprint density at radius 3 is 2.55 bits per heavy atom. The zero-order chi connectivity index (χ0) is 23.0. The number of carbonyl (C=O) groups is 2. The highest BCUT2D eigenvalue weighted by atomic mass is 35.5. The van der Waals surface area contributed by atoms with E-state index in [1.807, 2.05) is 0 Å². The lowest BCUT2D eigenvalue weighted by Crippen LogP contribution is -2.30. The summed E-state index contributed by atoms with van der Waals surface area (Å²) in [5, 5.41) is 0. The summed E-state index contributed by atoms with van der Waals surface area (Å²) in [5.74, 6) is -1.68. The van der Waals surface area contributed by atoms with E-state index in [2.05, 4.69) is 5.48 Å². The molecule has 10 heteroatoms. The Balaban J connectivity index is 1.95. The van der Waals surface area contributed by atoms with Crippen molar-refractivity contribution in [1.82, 2.24) is 5.48 Å². The monoisotopic (exact) mass is 479 g/mol. The molecular formula is C21H22ClF4NO3S. The predicted molar refractivity (Wildman–Crippen MR) is 111 cm³/mol. The minimum absolute atomic E-state index is 0.106. The topological polar surface area (TPSA) is 55.4 Å². The first-order chi connectivity index (χ1) is 14.7. The van der Waals surface area contributed by atoms with Crippen LogP contribution in [0.25, 0.3) is 0 Å². The van der Waals surface area contributed by atoms with Gasteiger partial charge < -0.3 is 0 Å². The lowest BCUT2D eigenvalue weighted by Gasteiger charge is -2.24. The van der Waals surface area contributed by atoms with Crippen LogP contribution >= 0.6 is 23.4 Å². The van der Waals surface area contributed by atoms with Gasteiger partial charge in [0.1, 0.15) is 5.82 Å². The number of ketones is 2. The van der Waals surface area contributed by atoms with Crippen molar-refractivity contribution in [3.8, 4) is 0 Å². The number of benzene rings is 1. The van der Waals surface area contributed by atoms with Crippen LogP contribution in [0.4, 0.5) is 17.6 Å². The molecule has 0 unspecified atom stereocenters. The van der Waals surface area contributed by atoms with Crippen molar-refractivity contribution in [1.29, 1.82) is 0 Å². The van der Waals surface area contributed by atoms with Crippen LogP contribution in [0.15, 0.2) is 46.0 Å². The van der Waals surface area contributed by atoms with Gasteiger partial charge in [0.25, 0.3) is 0 Å². The Morgan fingerprint density at radius 1 is 1.29 bits per heavy atom. The summed E-state index contributed by atoms with van der Waals surface area (Å²) in [6, 6.07) is 2.85. The predicted octanol–water partition coefficient (Wildman–Crippen LogP) is 5.81. The molecule has 0 amide bonds. The van der Waals surface area contributed by atoms with Gasteiger partial charge >= 0.3 is 6.18 Å².